The van der Waals surface area contributed by atoms with E-state index in [4.69, 9.17) is 4.74 Å². The third-order valence-corrected chi connectivity index (χ3v) is 1.94. The molecule has 0 fully saturated rings. The summed E-state index contributed by atoms with van der Waals surface area (Å²) in [5, 5.41) is 0. The predicted molar refractivity (Wildman–Crippen MR) is 54.3 cm³/mol. The third-order valence-electron chi connectivity index (χ3n) is 1.94. The first-order valence-corrected chi connectivity index (χ1v) is 5.14. The van der Waals surface area contributed by atoms with Gasteiger partial charge in [0.2, 0.25) is 0 Å². The van der Waals surface area contributed by atoms with Crippen molar-refractivity contribution in [2.75, 3.05) is 6.61 Å². The van der Waals surface area contributed by atoms with Gasteiger partial charge in [-0.3, -0.25) is 0 Å². The molecule has 0 saturated carbocycles. The van der Waals surface area contributed by atoms with Crippen LogP contribution in [0.1, 0.15) is 47.5 Å². The largest absolute Gasteiger partial charge is 0.379 e. The summed E-state index contributed by atoms with van der Waals surface area (Å²) in [6.07, 6.45) is 2.91. The van der Waals surface area contributed by atoms with Crippen molar-refractivity contribution in [3.05, 3.63) is 0 Å². The van der Waals surface area contributed by atoms with E-state index in [0.29, 0.717) is 6.10 Å². The third kappa shape index (κ3) is 8.06. The first kappa shape index (κ1) is 12.0. The van der Waals surface area contributed by atoms with Crippen LogP contribution in [0, 0.1) is 11.8 Å². The van der Waals surface area contributed by atoms with Crippen LogP contribution in [0.4, 0.5) is 0 Å². The van der Waals surface area contributed by atoms with Gasteiger partial charge >= 0.3 is 0 Å². The zero-order valence-corrected chi connectivity index (χ0v) is 9.26. The van der Waals surface area contributed by atoms with Crippen molar-refractivity contribution >= 4 is 0 Å². The Balaban J connectivity index is 3.25. The SMILES string of the molecule is CC(C)C[C@@H](C)CCOC(C)C. The van der Waals surface area contributed by atoms with Crippen molar-refractivity contribution < 1.29 is 4.74 Å². The molecule has 0 heterocycles. The van der Waals surface area contributed by atoms with Gasteiger partial charge in [0.1, 0.15) is 0 Å². The molecule has 1 heteroatoms. The molecule has 12 heavy (non-hydrogen) atoms. The molecular formula is C11H24O. The Morgan fingerprint density at radius 2 is 1.58 bits per heavy atom. The summed E-state index contributed by atoms with van der Waals surface area (Å²) < 4.78 is 5.49. The maximum absolute atomic E-state index is 5.49. The zero-order valence-electron chi connectivity index (χ0n) is 9.26. The summed E-state index contributed by atoms with van der Waals surface area (Å²) in [7, 11) is 0. The van der Waals surface area contributed by atoms with Crippen molar-refractivity contribution in [1.29, 1.82) is 0 Å². The Kier molecular flexibility index (Phi) is 6.45. The summed E-state index contributed by atoms with van der Waals surface area (Å²) in [5.74, 6) is 1.63. The van der Waals surface area contributed by atoms with Crippen molar-refractivity contribution in [2.24, 2.45) is 11.8 Å². The second kappa shape index (κ2) is 6.47. The Bertz CT molecular complexity index is 97.2. The lowest BCUT2D eigenvalue weighted by molar-refractivity contribution is 0.0681. The van der Waals surface area contributed by atoms with Gasteiger partial charge in [0, 0.05) is 6.61 Å². The van der Waals surface area contributed by atoms with Gasteiger partial charge in [0.15, 0.2) is 0 Å². The molecule has 0 aromatic carbocycles. The van der Waals surface area contributed by atoms with Crippen LogP contribution in [-0.4, -0.2) is 12.7 Å². The summed E-state index contributed by atoms with van der Waals surface area (Å²) in [4.78, 5) is 0. The highest BCUT2D eigenvalue weighted by atomic mass is 16.5. The van der Waals surface area contributed by atoms with Gasteiger partial charge in [-0.15, -0.1) is 0 Å². The maximum Gasteiger partial charge on any atom is 0.0518 e. The van der Waals surface area contributed by atoms with Crippen molar-refractivity contribution in [3.63, 3.8) is 0 Å². The first-order chi connectivity index (χ1) is 5.52. The molecule has 0 unspecified atom stereocenters. The molecule has 0 aromatic heterocycles. The minimum absolute atomic E-state index is 0.385. The lowest BCUT2D eigenvalue weighted by atomic mass is 9.96. The standard InChI is InChI=1S/C11H24O/c1-9(2)8-11(5)6-7-12-10(3)4/h9-11H,6-8H2,1-5H3/t11-/m0/s1. The average molecular weight is 172 g/mol. The zero-order chi connectivity index (χ0) is 9.56. The van der Waals surface area contributed by atoms with E-state index < -0.39 is 0 Å². The molecule has 0 amide bonds. The van der Waals surface area contributed by atoms with Gasteiger partial charge in [-0.05, 0) is 38.5 Å². The van der Waals surface area contributed by atoms with Gasteiger partial charge in [0.25, 0.3) is 0 Å². The fraction of sp³-hybridized carbons (Fsp3) is 1.00. The highest BCUT2D eigenvalue weighted by molar-refractivity contribution is 4.55. The van der Waals surface area contributed by atoms with E-state index in [1.807, 2.05) is 0 Å². The Morgan fingerprint density at radius 1 is 1.00 bits per heavy atom. The molecule has 0 aromatic rings. The van der Waals surface area contributed by atoms with E-state index >= 15 is 0 Å². The second-order valence-electron chi connectivity index (χ2n) is 4.44. The average Bonchev–Trinajstić information content (AvgIpc) is 1.84. The normalized spacial score (nSPS) is 14.2. The number of hydrogen-bond donors (Lipinski definition) is 0. The topological polar surface area (TPSA) is 9.23 Å². The van der Waals surface area contributed by atoms with Gasteiger partial charge in [0.05, 0.1) is 6.10 Å². The monoisotopic (exact) mass is 172 g/mol. The van der Waals surface area contributed by atoms with Crippen LogP contribution >= 0.6 is 0 Å². The molecular weight excluding hydrogens is 148 g/mol. The molecule has 1 atom stereocenters. The lowest BCUT2D eigenvalue weighted by Gasteiger charge is -2.14. The Morgan fingerprint density at radius 3 is 2.00 bits per heavy atom. The molecule has 0 spiro atoms. The predicted octanol–water partition coefficient (Wildman–Crippen LogP) is 3.48. The lowest BCUT2D eigenvalue weighted by Crippen LogP contribution is -2.08. The van der Waals surface area contributed by atoms with Gasteiger partial charge in [-0.25, -0.2) is 0 Å². The van der Waals surface area contributed by atoms with Crippen molar-refractivity contribution in [1.82, 2.24) is 0 Å². The van der Waals surface area contributed by atoms with Crippen LogP contribution in [-0.2, 0) is 4.74 Å². The summed E-state index contributed by atoms with van der Waals surface area (Å²) >= 11 is 0. The number of hydrogen-bond acceptors (Lipinski definition) is 1. The van der Waals surface area contributed by atoms with E-state index in [2.05, 4.69) is 34.6 Å². The van der Waals surface area contributed by atoms with E-state index in [-0.39, 0.29) is 0 Å². The van der Waals surface area contributed by atoms with Gasteiger partial charge in [-0.1, -0.05) is 20.8 Å². The highest BCUT2D eigenvalue weighted by Gasteiger charge is 2.04. The number of ether oxygens (including phenoxy) is 1. The fourth-order valence-corrected chi connectivity index (χ4v) is 1.43. The van der Waals surface area contributed by atoms with E-state index in [0.717, 1.165) is 18.4 Å². The quantitative estimate of drug-likeness (QED) is 0.596. The fourth-order valence-electron chi connectivity index (χ4n) is 1.43. The van der Waals surface area contributed by atoms with Crippen LogP contribution in [0.2, 0.25) is 0 Å². The van der Waals surface area contributed by atoms with E-state index in [1.54, 1.807) is 0 Å². The second-order valence-corrected chi connectivity index (χ2v) is 4.44. The van der Waals surface area contributed by atoms with Crippen molar-refractivity contribution in [3.8, 4) is 0 Å². The molecule has 0 aliphatic heterocycles. The molecule has 0 rings (SSSR count). The molecule has 1 nitrogen and oxygen atoms in total. The van der Waals surface area contributed by atoms with Crippen LogP contribution in [0.15, 0.2) is 0 Å². The van der Waals surface area contributed by atoms with Gasteiger partial charge < -0.3 is 4.74 Å². The van der Waals surface area contributed by atoms with Gasteiger partial charge in [-0.2, -0.15) is 0 Å². The van der Waals surface area contributed by atoms with Crippen LogP contribution in [0.3, 0.4) is 0 Å². The smallest absolute Gasteiger partial charge is 0.0518 e. The highest BCUT2D eigenvalue weighted by Crippen LogP contribution is 2.14. The minimum Gasteiger partial charge on any atom is -0.379 e. The van der Waals surface area contributed by atoms with Crippen LogP contribution < -0.4 is 0 Å². The molecule has 74 valence electrons. The van der Waals surface area contributed by atoms with Crippen LogP contribution in [0.25, 0.3) is 0 Å². The molecule has 0 radical (unpaired) electrons. The number of rotatable bonds is 6. The summed E-state index contributed by atoms with van der Waals surface area (Å²) in [6, 6.07) is 0. The summed E-state index contributed by atoms with van der Waals surface area (Å²) in [6.45, 7) is 12.0. The first-order valence-electron chi connectivity index (χ1n) is 5.14. The maximum atomic E-state index is 5.49. The Hall–Kier alpha value is -0.0400. The minimum atomic E-state index is 0.385. The molecule has 0 aliphatic rings. The molecule has 0 N–H and O–H groups in total. The molecule has 0 saturated heterocycles. The van der Waals surface area contributed by atoms with Crippen LogP contribution in [0.5, 0.6) is 0 Å². The molecule has 0 aliphatic carbocycles. The Labute approximate surface area is 77.5 Å². The molecule has 0 bridgehead atoms. The van der Waals surface area contributed by atoms with Crippen molar-refractivity contribution in [2.45, 2.75) is 53.6 Å². The summed E-state index contributed by atoms with van der Waals surface area (Å²) in [5.41, 5.74) is 0. The van der Waals surface area contributed by atoms with E-state index in [1.165, 1.54) is 12.8 Å². The van der Waals surface area contributed by atoms with E-state index in [9.17, 15) is 0 Å².